The topological polar surface area (TPSA) is 59.6 Å². The first kappa shape index (κ1) is 14.9. The first-order valence-corrected chi connectivity index (χ1v) is 6.27. The van der Waals surface area contributed by atoms with E-state index in [0.29, 0.717) is 11.3 Å². The third kappa shape index (κ3) is 4.22. The maximum absolute atomic E-state index is 13.2. The number of para-hydroxylation sites is 1. The maximum atomic E-state index is 13.2. The van der Waals surface area contributed by atoms with Gasteiger partial charge in [-0.1, -0.05) is 12.1 Å². The SMILES string of the molecule is NC(=S)NN=Cc1ccccc1Oc1ccc(F)c(F)c1. The van der Waals surface area contributed by atoms with E-state index in [4.69, 9.17) is 10.5 Å². The van der Waals surface area contributed by atoms with Crippen molar-refractivity contribution in [2.24, 2.45) is 10.8 Å². The third-order valence-corrected chi connectivity index (χ3v) is 2.51. The molecule has 4 nitrogen and oxygen atoms in total. The summed E-state index contributed by atoms with van der Waals surface area (Å²) in [6.45, 7) is 0. The first-order chi connectivity index (χ1) is 10.1. The van der Waals surface area contributed by atoms with E-state index in [2.05, 4.69) is 22.7 Å². The Bertz CT molecular complexity index is 692. The lowest BCUT2D eigenvalue weighted by Gasteiger charge is -2.08. The van der Waals surface area contributed by atoms with Crippen molar-refractivity contribution in [1.82, 2.24) is 5.43 Å². The number of nitrogens with one attached hydrogen (secondary N) is 1. The standard InChI is InChI=1S/C14H11F2N3OS/c15-11-6-5-10(7-12(11)16)20-13-4-2-1-3-9(13)8-18-19-14(17)21/h1-8H,(H3,17,19,21). The maximum Gasteiger partial charge on any atom is 0.184 e. The van der Waals surface area contributed by atoms with Gasteiger partial charge in [-0.15, -0.1) is 0 Å². The molecule has 0 aliphatic carbocycles. The van der Waals surface area contributed by atoms with Crippen molar-refractivity contribution in [2.45, 2.75) is 0 Å². The van der Waals surface area contributed by atoms with Gasteiger partial charge < -0.3 is 10.5 Å². The number of benzene rings is 2. The van der Waals surface area contributed by atoms with E-state index in [0.717, 1.165) is 12.1 Å². The van der Waals surface area contributed by atoms with Gasteiger partial charge in [0.05, 0.1) is 6.21 Å². The highest BCUT2D eigenvalue weighted by Crippen LogP contribution is 2.25. The van der Waals surface area contributed by atoms with Crippen LogP contribution in [0.15, 0.2) is 47.6 Å². The molecule has 0 bridgehead atoms. The van der Waals surface area contributed by atoms with Gasteiger partial charge in [-0.2, -0.15) is 5.10 Å². The van der Waals surface area contributed by atoms with Gasteiger partial charge in [0.1, 0.15) is 11.5 Å². The molecule has 108 valence electrons. The largest absolute Gasteiger partial charge is 0.457 e. The van der Waals surface area contributed by atoms with E-state index < -0.39 is 11.6 Å². The molecule has 0 aliphatic rings. The van der Waals surface area contributed by atoms with Crippen molar-refractivity contribution in [2.75, 3.05) is 0 Å². The van der Waals surface area contributed by atoms with Crippen molar-refractivity contribution < 1.29 is 13.5 Å². The van der Waals surface area contributed by atoms with Crippen LogP contribution < -0.4 is 15.9 Å². The summed E-state index contributed by atoms with van der Waals surface area (Å²) in [5.74, 6) is -1.30. The van der Waals surface area contributed by atoms with Crippen LogP contribution in [-0.2, 0) is 0 Å². The number of halogens is 2. The first-order valence-electron chi connectivity index (χ1n) is 5.86. The van der Waals surface area contributed by atoms with Crippen LogP contribution in [0.5, 0.6) is 11.5 Å². The predicted octanol–water partition coefficient (Wildman–Crippen LogP) is 2.92. The summed E-state index contributed by atoms with van der Waals surface area (Å²) >= 11 is 4.62. The number of hydrogen-bond donors (Lipinski definition) is 2. The molecular weight excluding hydrogens is 296 g/mol. The Morgan fingerprint density at radius 3 is 2.67 bits per heavy atom. The molecule has 3 N–H and O–H groups in total. The fraction of sp³-hybridized carbons (Fsp3) is 0. The van der Waals surface area contributed by atoms with Gasteiger partial charge in [0.15, 0.2) is 16.7 Å². The van der Waals surface area contributed by atoms with E-state index in [-0.39, 0.29) is 10.9 Å². The van der Waals surface area contributed by atoms with Crippen LogP contribution in [0.4, 0.5) is 8.78 Å². The van der Waals surface area contributed by atoms with Crippen LogP contribution in [0, 0.1) is 11.6 Å². The fourth-order valence-electron chi connectivity index (χ4n) is 1.51. The number of hydrogen-bond acceptors (Lipinski definition) is 3. The Morgan fingerprint density at radius 1 is 1.19 bits per heavy atom. The summed E-state index contributed by atoms with van der Waals surface area (Å²) in [4.78, 5) is 0. The normalized spacial score (nSPS) is 10.6. The molecule has 0 atom stereocenters. The fourth-order valence-corrected chi connectivity index (χ4v) is 1.57. The van der Waals surface area contributed by atoms with Gasteiger partial charge in [0.25, 0.3) is 0 Å². The number of thiocarbonyl (C=S) groups is 1. The van der Waals surface area contributed by atoms with Crippen LogP contribution in [0.1, 0.15) is 5.56 Å². The second-order valence-electron chi connectivity index (χ2n) is 3.95. The minimum Gasteiger partial charge on any atom is -0.457 e. The Labute approximate surface area is 125 Å². The Morgan fingerprint density at radius 2 is 1.95 bits per heavy atom. The van der Waals surface area contributed by atoms with Crippen LogP contribution in [0.2, 0.25) is 0 Å². The number of nitrogens with two attached hydrogens (primary N) is 1. The average Bonchev–Trinajstić information content (AvgIpc) is 2.44. The molecule has 0 fully saturated rings. The van der Waals surface area contributed by atoms with Crippen LogP contribution in [0.25, 0.3) is 0 Å². The lowest BCUT2D eigenvalue weighted by Crippen LogP contribution is -2.24. The molecule has 0 saturated carbocycles. The predicted molar refractivity (Wildman–Crippen MR) is 80.4 cm³/mol. The van der Waals surface area contributed by atoms with E-state index in [1.54, 1.807) is 24.3 Å². The second-order valence-corrected chi connectivity index (χ2v) is 4.39. The molecule has 0 amide bonds. The van der Waals surface area contributed by atoms with Crippen molar-refractivity contribution in [3.05, 3.63) is 59.7 Å². The zero-order valence-electron chi connectivity index (χ0n) is 10.7. The number of nitrogens with zero attached hydrogens (tertiary/aromatic N) is 1. The molecule has 0 heterocycles. The van der Waals surface area contributed by atoms with Crippen LogP contribution in [-0.4, -0.2) is 11.3 Å². The molecule has 0 aromatic heterocycles. The third-order valence-electron chi connectivity index (χ3n) is 2.42. The summed E-state index contributed by atoms with van der Waals surface area (Å²) in [5, 5.41) is 3.85. The number of rotatable bonds is 4. The minimum atomic E-state index is -0.978. The van der Waals surface area contributed by atoms with Crippen molar-refractivity contribution >= 4 is 23.5 Å². The molecule has 0 saturated heterocycles. The van der Waals surface area contributed by atoms with Gasteiger partial charge in [-0.3, -0.25) is 5.43 Å². The van der Waals surface area contributed by atoms with E-state index in [1.807, 2.05) is 0 Å². The van der Waals surface area contributed by atoms with Gasteiger partial charge >= 0.3 is 0 Å². The highest BCUT2D eigenvalue weighted by atomic mass is 32.1. The van der Waals surface area contributed by atoms with E-state index in [9.17, 15) is 8.78 Å². The molecule has 21 heavy (non-hydrogen) atoms. The van der Waals surface area contributed by atoms with Gasteiger partial charge in [-0.05, 0) is 36.5 Å². The minimum absolute atomic E-state index is 0.0326. The molecule has 2 aromatic carbocycles. The Kier molecular flexibility index (Phi) is 4.78. The van der Waals surface area contributed by atoms with Crippen molar-refractivity contribution in [3.63, 3.8) is 0 Å². The summed E-state index contributed by atoms with van der Waals surface area (Å²) in [6, 6.07) is 10.2. The lowest BCUT2D eigenvalue weighted by atomic mass is 10.2. The summed E-state index contributed by atoms with van der Waals surface area (Å²) in [7, 11) is 0. The second kappa shape index (κ2) is 6.76. The molecule has 0 spiro atoms. The quantitative estimate of drug-likeness (QED) is 0.518. The zero-order valence-corrected chi connectivity index (χ0v) is 11.5. The Balaban J connectivity index is 2.21. The summed E-state index contributed by atoms with van der Waals surface area (Å²) in [6.07, 6.45) is 1.45. The van der Waals surface area contributed by atoms with E-state index >= 15 is 0 Å². The molecular formula is C14H11F2N3OS. The Hall–Kier alpha value is -2.54. The van der Waals surface area contributed by atoms with Gasteiger partial charge in [0, 0.05) is 11.6 Å². The molecule has 7 heteroatoms. The summed E-state index contributed by atoms with van der Waals surface area (Å²) in [5.41, 5.74) is 8.28. The number of ether oxygens (including phenoxy) is 1. The molecule has 0 radical (unpaired) electrons. The highest BCUT2D eigenvalue weighted by Gasteiger charge is 2.06. The van der Waals surface area contributed by atoms with Gasteiger partial charge in [-0.25, -0.2) is 8.78 Å². The molecule has 2 rings (SSSR count). The average molecular weight is 307 g/mol. The monoisotopic (exact) mass is 307 g/mol. The zero-order chi connectivity index (χ0) is 15.2. The molecule has 0 unspecified atom stereocenters. The smallest absolute Gasteiger partial charge is 0.184 e. The van der Waals surface area contributed by atoms with Crippen LogP contribution in [0.3, 0.4) is 0 Å². The number of hydrazone groups is 1. The van der Waals surface area contributed by atoms with Crippen molar-refractivity contribution in [3.8, 4) is 11.5 Å². The molecule has 0 aliphatic heterocycles. The van der Waals surface area contributed by atoms with Crippen molar-refractivity contribution in [1.29, 1.82) is 0 Å². The molecule has 2 aromatic rings. The lowest BCUT2D eigenvalue weighted by molar-refractivity contribution is 0.461. The van der Waals surface area contributed by atoms with E-state index in [1.165, 1.54) is 12.3 Å². The van der Waals surface area contributed by atoms with Gasteiger partial charge in [0.2, 0.25) is 0 Å². The summed E-state index contributed by atoms with van der Waals surface area (Å²) < 4.78 is 31.5. The van der Waals surface area contributed by atoms with Crippen LogP contribution >= 0.6 is 12.2 Å². The highest BCUT2D eigenvalue weighted by molar-refractivity contribution is 7.80.